The Bertz CT molecular complexity index is 864. The molecule has 2 aromatic rings. The molecule has 2 aromatic carbocycles. The lowest BCUT2D eigenvalue weighted by Crippen LogP contribution is -2.13. The van der Waals surface area contributed by atoms with Crippen molar-refractivity contribution in [2.45, 2.75) is 9.79 Å². The van der Waals surface area contributed by atoms with Gasteiger partial charge in [-0.05, 0) is 52.3 Å². The van der Waals surface area contributed by atoms with Crippen LogP contribution in [0.25, 0.3) is 0 Å². The molecular formula is C12H9BrClNO4S2. The minimum absolute atomic E-state index is 0.0824. The van der Waals surface area contributed by atoms with Gasteiger partial charge in [-0.2, -0.15) is 0 Å². The lowest BCUT2D eigenvalue weighted by atomic mass is 10.3. The van der Waals surface area contributed by atoms with E-state index in [1.165, 1.54) is 30.3 Å². The van der Waals surface area contributed by atoms with Crippen LogP contribution in [0.15, 0.2) is 62.8 Å². The topological polar surface area (TPSA) is 80.3 Å². The minimum atomic E-state index is -3.83. The van der Waals surface area contributed by atoms with Crippen molar-refractivity contribution in [2.75, 3.05) is 4.72 Å². The maximum atomic E-state index is 12.2. The molecule has 0 aromatic heterocycles. The third kappa shape index (κ3) is 3.97. The Hall–Kier alpha value is -1.09. The highest BCUT2D eigenvalue weighted by atomic mass is 79.9. The van der Waals surface area contributed by atoms with Gasteiger partial charge in [-0.1, -0.05) is 12.1 Å². The van der Waals surface area contributed by atoms with Crippen LogP contribution in [0.1, 0.15) is 0 Å². The van der Waals surface area contributed by atoms with Crippen LogP contribution in [-0.4, -0.2) is 16.8 Å². The first-order chi connectivity index (χ1) is 9.70. The summed E-state index contributed by atoms with van der Waals surface area (Å²) in [5.74, 6) is 0. The van der Waals surface area contributed by atoms with Crippen molar-refractivity contribution in [2.24, 2.45) is 0 Å². The van der Waals surface area contributed by atoms with Crippen LogP contribution in [-0.2, 0) is 19.1 Å². The summed E-state index contributed by atoms with van der Waals surface area (Å²) in [4.78, 5) is -0.0213. The highest BCUT2D eigenvalue weighted by molar-refractivity contribution is 9.10. The summed E-state index contributed by atoms with van der Waals surface area (Å²) in [7, 11) is -2.42. The molecule has 0 atom stereocenters. The van der Waals surface area contributed by atoms with Crippen LogP contribution in [0.5, 0.6) is 0 Å². The summed E-state index contributed by atoms with van der Waals surface area (Å²) >= 11 is 3.17. The Morgan fingerprint density at radius 1 is 0.905 bits per heavy atom. The molecule has 0 aliphatic heterocycles. The number of rotatable bonds is 4. The molecule has 5 nitrogen and oxygen atoms in total. The van der Waals surface area contributed by atoms with E-state index < -0.39 is 19.1 Å². The van der Waals surface area contributed by atoms with Gasteiger partial charge in [-0.3, -0.25) is 4.72 Å². The van der Waals surface area contributed by atoms with E-state index in [2.05, 4.69) is 20.7 Å². The van der Waals surface area contributed by atoms with Gasteiger partial charge in [0.15, 0.2) is 0 Å². The Morgan fingerprint density at radius 3 is 2.00 bits per heavy atom. The van der Waals surface area contributed by atoms with Crippen molar-refractivity contribution in [3.8, 4) is 0 Å². The fourth-order valence-corrected chi connectivity index (χ4v) is 4.39. The SMILES string of the molecule is O=S(=O)(Cl)c1ccc(NS(=O)(=O)c2ccccc2Br)cc1. The second kappa shape index (κ2) is 5.96. The smallest absolute Gasteiger partial charge is 0.263 e. The molecule has 0 aliphatic carbocycles. The van der Waals surface area contributed by atoms with E-state index in [0.29, 0.717) is 4.47 Å². The van der Waals surface area contributed by atoms with E-state index in [1.807, 2.05) is 0 Å². The van der Waals surface area contributed by atoms with Crippen LogP contribution in [0.3, 0.4) is 0 Å². The zero-order valence-corrected chi connectivity index (χ0v) is 14.3. The predicted molar refractivity (Wildman–Crippen MR) is 84.4 cm³/mol. The molecule has 0 amide bonds. The molecule has 0 aliphatic rings. The quantitative estimate of drug-likeness (QED) is 0.785. The van der Waals surface area contributed by atoms with Crippen molar-refractivity contribution in [1.82, 2.24) is 0 Å². The molecule has 0 radical (unpaired) electrons. The molecule has 0 saturated heterocycles. The molecule has 2 rings (SSSR count). The lowest BCUT2D eigenvalue weighted by Gasteiger charge is -2.09. The van der Waals surface area contributed by atoms with Gasteiger partial charge in [-0.25, -0.2) is 16.8 Å². The fourth-order valence-electron chi connectivity index (χ4n) is 1.56. The third-order valence-corrected chi connectivity index (χ3v) is 6.28. The molecular weight excluding hydrogens is 402 g/mol. The Labute approximate surface area is 135 Å². The van der Waals surface area contributed by atoms with Gasteiger partial charge in [0.2, 0.25) is 0 Å². The number of halogens is 2. The van der Waals surface area contributed by atoms with Crippen LogP contribution in [0, 0.1) is 0 Å². The maximum absolute atomic E-state index is 12.2. The second-order valence-electron chi connectivity index (χ2n) is 4.00. The normalized spacial score (nSPS) is 12.1. The van der Waals surface area contributed by atoms with Crippen LogP contribution in [0.4, 0.5) is 5.69 Å². The first-order valence-electron chi connectivity index (χ1n) is 5.52. The second-order valence-corrected chi connectivity index (χ2v) is 9.07. The molecule has 21 heavy (non-hydrogen) atoms. The zero-order chi connectivity index (χ0) is 15.7. The summed E-state index contributed by atoms with van der Waals surface area (Å²) in [5, 5.41) is 0. The number of hydrogen-bond donors (Lipinski definition) is 1. The Balaban J connectivity index is 2.32. The van der Waals surface area contributed by atoms with Crippen molar-refractivity contribution in [1.29, 1.82) is 0 Å². The van der Waals surface area contributed by atoms with Crippen molar-refractivity contribution >= 4 is 51.4 Å². The van der Waals surface area contributed by atoms with Gasteiger partial charge in [0.25, 0.3) is 19.1 Å². The average Bonchev–Trinajstić information content (AvgIpc) is 2.38. The summed E-state index contributed by atoms with van der Waals surface area (Å²) in [6, 6.07) is 11.4. The van der Waals surface area contributed by atoms with E-state index in [0.717, 1.165) is 0 Å². The average molecular weight is 411 g/mol. The number of benzene rings is 2. The van der Waals surface area contributed by atoms with Gasteiger partial charge < -0.3 is 0 Å². The first kappa shape index (κ1) is 16.3. The van der Waals surface area contributed by atoms with Crippen LogP contribution >= 0.6 is 26.6 Å². The number of hydrogen-bond acceptors (Lipinski definition) is 4. The number of nitrogens with one attached hydrogen (secondary N) is 1. The van der Waals surface area contributed by atoms with Crippen LogP contribution < -0.4 is 4.72 Å². The number of sulfonamides is 1. The molecule has 0 unspecified atom stereocenters. The van der Waals surface area contributed by atoms with E-state index in [-0.39, 0.29) is 15.5 Å². The summed E-state index contributed by atoms with van der Waals surface area (Å²) in [6.07, 6.45) is 0. The zero-order valence-electron chi connectivity index (χ0n) is 10.3. The van der Waals surface area contributed by atoms with Gasteiger partial charge in [0, 0.05) is 20.8 Å². The Morgan fingerprint density at radius 2 is 1.48 bits per heavy atom. The summed E-state index contributed by atoms with van der Waals surface area (Å²) in [6.45, 7) is 0. The first-order valence-corrected chi connectivity index (χ1v) is 10.1. The van der Waals surface area contributed by atoms with Gasteiger partial charge in [0.1, 0.15) is 4.90 Å². The largest absolute Gasteiger partial charge is 0.280 e. The Kier molecular flexibility index (Phi) is 4.62. The van der Waals surface area contributed by atoms with E-state index >= 15 is 0 Å². The molecule has 9 heteroatoms. The number of anilines is 1. The van der Waals surface area contributed by atoms with E-state index in [4.69, 9.17) is 10.7 Å². The lowest BCUT2D eigenvalue weighted by molar-refractivity contribution is 0.600. The van der Waals surface area contributed by atoms with Crippen LogP contribution in [0.2, 0.25) is 0 Å². The van der Waals surface area contributed by atoms with E-state index in [1.54, 1.807) is 18.2 Å². The monoisotopic (exact) mass is 409 g/mol. The molecule has 0 spiro atoms. The summed E-state index contributed by atoms with van der Waals surface area (Å²) < 4.78 is 49.5. The van der Waals surface area contributed by atoms with Gasteiger partial charge in [0.05, 0.1) is 4.90 Å². The third-order valence-electron chi connectivity index (χ3n) is 2.51. The summed E-state index contributed by atoms with van der Waals surface area (Å²) in [5.41, 5.74) is 0.231. The molecule has 0 saturated carbocycles. The molecule has 1 N–H and O–H groups in total. The van der Waals surface area contributed by atoms with Gasteiger partial charge in [-0.15, -0.1) is 0 Å². The van der Waals surface area contributed by atoms with Crippen molar-refractivity contribution in [3.63, 3.8) is 0 Å². The molecule has 112 valence electrons. The standard InChI is InChI=1S/C12H9BrClNO4S2/c13-11-3-1-2-4-12(11)21(18,19)15-9-5-7-10(8-6-9)20(14,16)17/h1-8,15H. The predicted octanol–water partition coefficient (Wildman–Crippen LogP) is 3.18. The minimum Gasteiger partial charge on any atom is -0.280 e. The molecule has 0 heterocycles. The molecule has 0 fully saturated rings. The highest BCUT2D eigenvalue weighted by Gasteiger charge is 2.17. The van der Waals surface area contributed by atoms with E-state index in [9.17, 15) is 16.8 Å². The van der Waals surface area contributed by atoms with Crippen molar-refractivity contribution < 1.29 is 16.8 Å². The van der Waals surface area contributed by atoms with Gasteiger partial charge >= 0.3 is 0 Å². The molecule has 0 bridgehead atoms. The fraction of sp³-hybridized carbons (Fsp3) is 0. The van der Waals surface area contributed by atoms with Crippen molar-refractivity contribution in [3.05, 3.63) is 53.0 Å². The highest BCUT2D eigenvalue weighted by Crippen LogP contribution is 2.24. The maximum Gasteiger partial charge on any atom is 0.263 e.